The Balaban J connectivity index is 4.12. The first kappa shape index (κ1) is 72.7. The van der Waals surface area contributed by atoms with Crippen LogP contribution in [0.15, 0.2) is 36.5 Å². The normalized spacial score (nSPS) is 14.0. The van der Waals surface area contributed by atoms with Crippen molar-refractivity contribution in [2.75, 3.05) is 40.9 Å². The molecular formula is C65H127N2O6P. The van der Waals surface area contributed by atoms with E-state index in [0.29, 0.717) is 17.4 Å². The second-order valence-corrected chi connectivity index (χ2v) is 24.9. The third kappa shape index (κ3) is 58.4. The van der Waals surface area contributed by atoms with E-state index in [9.17, 15) is 19.4 Å². The number of phosphoric ester groups is 1. The summed E-state index contributed by atoms with van der Waals surface area (Å²) in [6.07, 6.45) is 73.8. The van der Waals surface area contributed by atoms with E-state index in [1.165, 1.54) is 257 Å². The Hall–Kier alpha value is -1.28. The molecule has 3 unspecified atom stereocenters. The molecule has 0 saturated heterocycles. The minimum Gasteiger partial charge on any atom is -0.756 e. The van der Waals surface area contributed by atoms with Crippen LogP contribution in [0.2, 0.25) is 0 Å². The van der Waals surface area contributed by atoms with Crippen molar-refractivity contribution in [2.24, 2.45) is 0 Å². The lowest BCUT2D eigenvalue weighted by molar-refractivity contribution is -0.870. The zero-order chi connectivity index (χ0) is 54.2. The average Bonchev–Trinajstić information content (AvgIpc) is 3.36. The molecule has 1 amide bonds. The molecule has 9 heteroatoms. The summed E-state index contributed by atoms with van der Waals surface area (Å²) in [5.74, 6) is -0.192. The smallest absolute Gasteiger partial charge is 0.268 e. The zero-order valence-corrected chi connectivity index (χ0v) is 51.0. The number of hydrogen-bond acceptors (Lipinski definition) is 6. The number of carbonyl (C=O) groups excluding carboxylic acids is 1. The number of amides is 1. The molecule has 0 aliphatic heterocycles. The highest BCUT2D eigenvalue weighted by Crippen LogP contribution is 2.38. The first-order valence-electron chi connectivity index (χ1n) is 32.4. The number of carbonyl (C=O) groups is 1. The van der Waals surface area contributed by atoms with Crippen LogP contribution in [0, 0.1) is 0 Å². The van der Waals surface area contributed by atoms with Gasteiger partial charge in [-0.1, -0.05) is 301 Å². The summed E-state index contributed by atoms with van der Waals surface area (Å²) < 4.78 is 23.4. The van der Waals surface area contributed by atoms with Gasteiger partial charge in [0.25, 0.3) is 7.82 Å². The van der Waals surface area contributed by atoms with Crippen molar-refractivity contribution in [3.63, 3.8) is 0 Å². The topological polar surface area (TPSA) is 108 Å². The summed E-state index contributed by atoms with van der Waals surface area (Å²) in [6, 6.07) is -0.887. The molecule has 3 atom stereocenters. The van der Waals surface area contributed by atoms with Crippen LogP contribution in [0.4, 0.5) is 0 Å². The minimum atomic E-state index is -4.60. The highest BCUT2D eigenvalue weighted by molar-refractivity contribution is 7.45. The number of aliphatic hydroxyl groups excluding tert-OH is 1. The number of hydrogen-bond donors (Lipinski definition) is 2. The van der Waals surface area contributed by atoms with Gasteiger partial charge in [-0.05, 0) is 51.4 Å². The molecule has 0 aromatic rings. The van der Waals surface area contributed by atoms with Crippen LogP contribution in [-0.2, 0) is 18.4 Å². The molecule has 0 radical (unpaired) electrons. The molecule has 0 aliphatic carbocycles. The van der Waals surface area contributed by atoms with Crippen molar-refractivity contribution in [1.29, 1.82) is 0 Å². The lowest BCUT2D eigenvalue weighted by atomic mass is 10.0. The van der Waals surface area contributed by atoms with Crippen LogP contribution in [0.25, 0.3) is 0 Å². The van der Waals surface area contributed by atoms with Crippen LogP contribution in [-0.4, -0.2) is 68.5 Å². The lowest BCUT2D eigenvalue weighted by Crippen LogP contribution is -2.45. The predicted molar refractivity (Wildman–Crippen MR) is 321 cm³/mol. The predicted octanol–water partition coefficient (Wildman–Crippen LogP) is 19.5. The fourth-order valence-corrected chi connectivity index (χ4v) is 10.5. The zero-order valence-electron chi connectivity index (χ0n) is 50.1. The summed E-state index contributed by atoms with van der Waals surface area (Å²) >= 11 is 0. The molecule has 0 spiro atoms. The molecule has 0 bridgehead atoms. The third-order valence-electron chi connectivity index (χ3n) is 14.8. The summed E-state index contributed by atoms with van der Waals surface area (Å²) in [5, 5.41) is 13.9. The summed E-state index contributed by atoms with van der Waals surface area (Å²) in [6.45, 7) is 4.69. The second-order valence-electron chi connectivity index (χ2n) is 23.5. The third-order valence-corrected chi connectivity index (χ3v) is 15.8. The van der Waals surface area contributed by atoms with Gasteiger partial charge in [-0.15, -0.1) is 0 Å². The maximum absolute atomic E-state index is 13.0. The van der Waals surface area contributed by atoms with E-state index in [1.807, 2.05) is 27.2 Å². The van der Waals surface area contributed by atoms with E-state index in [0.717, 1.165) is 44.9 Å². The summed E-state index contributed by atoms with van der Waals surface area (Å²) in [5.41, 5.74) is 0. The Morgan fingerprint density at radius 2 is 0.784 bits per heavy atom. The van der Waals surface area contributed by atoms with Crippen molar-refractivity contribution >= 4 is 13.7 Å². The van der Waals surface area contributed by atoms with Crippen LogP contribution in [0.1, 0.15) is 322 Å². The standard InChI is InChI=1S/C65H127N2O6P/c1-6-8-10-12-14-16-18-20-22-24-26-28-30-32-33-35-37-39-41-43-45-47-49-51-53-55-57-59-65(69)66-63(62-73-74(70,71)72-61-60-67(3,4)5)64(68)58-56-54-52-50-48-46-44-42-40-38-36-34-31-29-27-25-23-21-19-17-15-13-11-9-7-2/h18,20,24,26,56,58,63-64,68H,6-17,19,21-23,25,27-55,57,59-62H2,1-5H3,(H-,66,69,70,71)/b20-18-,26-24-,58-56+. The Kier molecular flexibility index (Phi) is 55.5. The van der Waals surface area contributed by atoms with Crippen LogP contribution in [0.5, 0.6) is 0 Å². The number of quaternary nitrogens is 1. The maximum Gasteiger partial charge on any atom is 0.268 e. The van der Waals surface area contributed by atoms with Crippen molar-refractivity contribution in [1.82, 2.24) is 5.32 Å². The molecule has 0 fully saturated rings. The van der Waals surface area contributed by atoms with E-state index in [1.54, 1.807) is 6.08 Å². The number of unbranched alkanes of at least 4 members (excludes halogenated alkanes) is 43. The lowest BCUT2D eigenvalue weighted by Gasteiger charge is -2.29. The number of rotatable bonds is 60. The van der Waals surface area contributed by atoms with Gasteiger partial charge in [0.2, 0.25) is 5.91 Å². The summed E-state index contributed by atoms with van der Waals surface area (Å²) in [4.78, 5) is 25.6. The number of phosphoric acid groups is 1. The van der Waals surface area contributed by atoms with Gasteiger partial charge in [-0.2, -0.15) is 0 Å². The van der Waals surface area contributed by atoms with Gasteiger partial charge in [0.15, 0.2) is 0 Å². The SMILES string of the molecule is CCCCCCC/C=C\C/C=C\CCCCCCCCCCCCCCCCCC(=O)NC(COP(=O)([O-])OCC[N+](C)(C)C)C(O)/C=C/CCCCCCCCCCCCCCCCCCCCCCCCC. The fraction of sp³-hybridized carbons (Fsp3) is 0.892. The first-order chi connectivity index (χ1) is 36.0. The molecule has 438 valence electrons. The van der Waals surface area contributed by atoms with Crippen LogP contribution < -0.4 is 10.2 Å². The Morgan fingerprint density at radius 1 is 0.473 bits per heavy atom. The van der Waals surface area contributed by atoms with E-state index in [4.69, 9.17) is 9.05 Å². The molecule has 8 nitrogen and oxygen atoms in total. The second kappa shape index (κ2) is 56.4. The Morgan fingerprint density at radius 3 is 1.12 bits per heavy atom. The van der Waals surface area contributed by atoms with Gasteiger partial charge < -0.3 is 28.8 Å². The highest BCUT2D eigenvalue weighted by Gasteiger charge is 2.23. The van der Waals surface area contributed by atoms with Gasteiger partial charge >= 0.3 is 0 Å². The van der Waals surface area contributed by atoms with Gasteiger partial charge in [-0.25, -0.2) is 0 Å². The van der Waals surface area contributed by atoms with Crippen LogP contribution in [0.3, 0.4) is 0 Å². The molecule has 0 aromatic carbocycles. The highest BCUT2D eigenvalue weighted by atomic mass is 31.2. The molecule has 0 saturated carbocycles. The fourth-order valence-electron chi connectivity index (χ4n) is 9.78. The summed E-state index contributed by atoms with van der Waals surface area (Å²) in [7, 11) is 1.27. The molecule has 0 aliphatic rings. The molecule has 74 heavy (non-hydrogen) atoms. The van der Waals surface area contributed by atoms with E-state index >= 15 is 0 Å². The van der Waals surface area contributed by atoms with E-state index < -0.39 is 20.0 Å². The van der Waals surface area contributed by atoms with Crippen molar-refractivity contribution in [2.45, 2.75) is 334 Å². The van der Waals surface area contributed by atoms with E-state index in [-0.39, 0.29) is 19.1 Å². The maximum atomic E-state index is 13.0. The Bertz CT molecular complexity index is 1300. The van der Waals surface area contributed by atoms with Crippen molar-refractivity contribution < 1.29 is 32.9 Å². The van der Waals surface area contributed by atoms with E-state index in [2.05, 4.69) is 43.5 Å². The number of nitrogens with one attached hydrogen (secondary N) is 1. The van der Waals surface area contributed by atoms with Crippen molar-refractivity contribution in [3.05, 3.63) is 36.5 Å². The van der Waals surface area contributed by atoms with Crippen LogP contribution >= 0.6 is 7.82 Å². The molecular weight excluding hydrogens is 936 g/mol. The number of nitrogens with zero attached hydrogens (tertiary/aromatic N) is 1. The minimum absolute atomic E-state index is 0.000357. The molecule has 0 rings (SSSR count). The molecule has 0 aromatic heterocycles. The van der Waals surface area contributed by atoms with Gasteiger partial charge in [0.1, 0.15) is 13.2 Å². The average molecular weight is 1060 g/mol. The number of aliphatic hydroxyl groups is 1. The van der Waals surface area contributed by atoms with Gasteiger partial charge in [0, 0.05) is 6.42 Å². The Labute approximate surface area is 461 Å². The number of allylic oxidation sites excluding steroid dienone is 5. The van der Waals surface area contributed by atoms with Gasteiger partial charge in [-0.3, -0.25) is 9.36 Å². The molecule has 0 heterocycles. The monoisotopic (exact) mass is 1060 g/mol. The number of likely N-dealkylation sites (N-methyl/N-ethyl adjacent to an activating group) is 1. The van der Waals surface area contributed by atoms with Gasteiger partial charge in [0.05, 0.1) is 39.9 Å². The quantitative estimate of drug-likeness (QED) is 0.0272. The first-order valence-corrected chi connectivity index (χ1v) is 33.8. The molecule has 2 N–H and O–H groups in total. The van der Waals surface area contributed by atoms with Crippen molar-refractivity contribution in [3.8, 4) is 0 Å². The largest absolute Gasteiger partial charge is 0.756 e.